The summed E-state index contributed by atoms with van der Waals surface area (Å²) in [5.74, 6) is 0.330. The zero-order valence-electron chi connectivity index (χ0n) is 12.5. The lowest BCUT2D eigenvalue weighted by Gasteiger charge is -2.19. The predicted octanol–water partition coefficient (Wildman–Crippen LogP) is 3.93. The first-order valence-electron chi connectivity index (χ1n) is 7.07. The van der Waals surface area contributed by atoms with Crippen LogP contribution in [0.2, 0.25) is 0 Å². The van der Waals surface area contributed by atoms with E-state index in [4.69, 9.17) is 0 Å². The Morgan fingerprint density at radius 1 is 1.04 bits per heavy atom. The second-order valence-electron chi connectivity index (χ2n) is 4.85. The fourth-order valence-electron chi connectivity index (χ4n) is 2.21. The Morgan fingerprint density at radius 3 is 2.61 bits per heavy atom. The fourth-order valence-corrected chi connectivity index (χ4v) is 2.54. The van der Waals surface area contributed by atoms with Gasteiger partial charge in [0.25, 0.3) is 0 Å². The number of hydrogen-bond donors (Lipinski definition) is 1. The van der Waals surface area contributed by atoms with Gasteiger partial charge in [-0.25, -0.2) is 4.39 Å². The maximum atomic E-state index is 13.6. The van der Waals surface area contributed by atoms with E-state index in [1.165, 1.54) is 23.9 Å². The molecule has 0 saturated heterocycles. The number of aromatic nitrogens is 3. The average Bonchev–Trinajstić information content (AvgIpc) is 2.61. The molecule has 23 heavy (non-hydrogen) atoms. The van der Waals surface area contributed by atoms with Crippen molar-refractivity contribution in [2.24, 2.45) is 0 Å². The molecule has 1 N–H and O–H groups in total. The van der Waals surface area contributed by atoms with E-state index in [1.807, 2.05) is 42.7 Å². The molecule has 4 nitrogen and oxygen atoms in total. The van der Waals surface area contributed by atoms with Gasteiger partial charge in [-0.2, -0.15) is 0 Å². The zero-order chi connectivity index (χ0) is 16.1. The van der Waals surface area contributed by atoms with E-state index in [0.29, 0.717) is 5.82 Å². The molecule has 6 heteroatoms. The molecule has 3 rings (SSSR count). The average molecular weight is 326 g/mol. The van der Waals surface area contributed by atoms with Crippen LogP contribution in [-0.2, 0) is 0 Å². The van der Waals surface area contributed by atoms with Gasteiger partial charge < -0.3 is 5.32 Å². The lowest BCUT2D eigenvalue weighted by molar-refractivity contribution is 0.624. The van der Waals surface area contributed by atoms with Gasteiger partial charge in [0.15, 0.2) is 0 Å². The highest BCUT2D eigenvalue weighted by Crippen LogP contribution is 2.25. The molecule has 1 aromatic carbocycles. The van der Waals surface area contributed by atoms with E-state index in [9.17, 15) is 4.39 Å². The molecular weight excluding hydrogens is 311 g/mol. The van der Waals surface area contributed by atoms with Crippen molar-refractivity contribution in [2.75, 3.05) is 11.6 Å². The molecule has 1 atom stereocenters. The minimum absolute atomic E-state index is 0.283. The van der Waals surface area contributed by atoms with Crippen molar-refractivity contribution in [3.8, 4) is 0 Å². The highest BCUT2D eigenvalue weighted by Gasteiger charge is 2.16. The number of anilines is 1. The van der Waals surface area contributed by atoms with Crippen LogP contribution in [0.1, 0.15) is 17.3 Å². The van der Waals surface area contributed by atoms with Crippen molar-refractivity contribution < 1.29 is 4.39 Å². The number of nitrogens with zero attached hydrogens (tertiary/aromatic N) is 3. The first-order valence-corrected chi connectivity index (χ1v) is 8.29. The van der Waals surface area contributed by atoms with Crippen LogP contribution in [0.5, 0.6) is 0 Å². The molecular formula is C17H15FN4S. The van der Waals surface area contributed by atoms with Crippen LogP contribution in [0.3, 0.4) is 0 Å². The van der Waals surface area contributed by atoms with Gasteiger partial charge in [0, 0.05) is 6.20 Å². The zero-order valence-corrected chi connectivity index (χ0v) is 13.3. The van der Waals surface area contributed by atoms with Crippen molar-refractivity contribution in [3.05, 3.63) is 77.9 Å². The molecule has 0 bridgehead atoms. The molecule has 0 amide bonds. The number of benzene rings is 1. The van der Waals surface area contributed by atoms with Gasteiger partial charge in [-0.1, -0.05) is 18.2 Å². The summed E-state index contributed by atoms with van der Waals surface area (Å²) in [5.41, 5.74) is 1.56. The molecule has 2 aromatic heterocycles. The number of halogens is 1. The van der Waals surface area contributed by atoms with Crippen LogP contribution in [0.15, 0.2) is 65.8 Å². The summed E-state index contributed by atoms with van der Waals surface area (Å²) < 4.78 is 13.6. The summed E-state index contributed by atoms with van der Waals surface area (Å²) in [4.78, 5) is 4.38. The fraction of sp³-hybridized carbons (Fsp3) is 0.118. The molecule has 0 aliphatic carbocycles. The number of rotatable bonds is 5. The molecule has 0 aliphatic heterocycles. The van der Waals surface area contributed by atoms with Crippen LogP contribution >= 0.6 is 11.8 Å². The molecule has 3 aromatic rings. The molecule has 0 spiro atoms. The van der Waals surface area contributed by atoms with Crippen LogP contribution in [0.25, 0.3) is 0 Å². The summed E-state index contributed by atoms with van der Waals surface area (Å²) in [5, 5.41) is 12.4. The molecule has 0 fully saturated rings. The van der Waals surface area contributed by atoms with Crippen molar-refractivity contribution in [2.45, 2.75) is 11.1 Å². The monoisotopic (exact) mass is 326 g/mol. The largest absolute Gasteiger partial charge is 0.356 e. The van der Waals surface area contributed by atoms with Gasteiger partial charge in [-0.3, -0.25) is 4.98 Å². The van der Waals surface area contributed by atoms with E-state index in [-0.39, 0.29) is 11.9 Å². The number of hydrogen-bond acceptors (Lipinski definition) is 5. The third kappa shape index (κ3) is 3.84. The standard InChI is InChI=1S/C17H15FN4S/c1-23-16-9-8-15(21-22-16)20-17(14-7-2-3-10-19-14)12-5-4-6-13(18)11-12/h2-11,17H,1H3,(H,20,21). The molecule has 116 valence electrons. The molecule has 2 heterocycles. The SMILES string of the molecule is CSc1ccc(NC(c2cccc(F)c2)c2ccccn2)nn1. The summed E-state index contributed by atoms with van der Waals surface area (Å²) >= 11 is 1.53. The van der Waals surface area contributed by atoms with Crippen molar-refractivity contribution >= 4 is 17.6 Å². The Hall–Kier alpha value is -2.47. The Morgan fingerprint density at radius 2 is 1.96 bits per heavy atom. The Balaban J connectivity index is 1.94. The maximum absolute atomic E-state index is 13.6. The van der Waals surface area contributed by atoms with Crippen LogP contribution < -0.4 is 5.32 Å². The topological polar surface area (TPSA) is 50.7 Å². The number of thioether (sulfide) groups is 1. The minimum atomic E-state index is -0.304. The van der Waals surface area contributed by atoms with E-state index in [1.54, 1.807) is 12.3 Å². The third-order valence-corrected chi connectivity index (χ3v) is 3.94. The van der Waals surface area contributed by atoms with Gasteiger partial charge in [0.2, 0.25) is 0 Å². The van der Waals surface area contributed by atoms with Crippen LogP contribution in [-0.4, -0.2) is 21.4 Å². The minimum Gasteiger partial charge on any atom is -0.356 e. The smallest absolute Gasteiger partial charge is 0.149 e. The summed E-state index contributed by atoms with van der Waals surface area (Å²) in [6.45, 7) is 0. The highest BCUT2D eigenvalue weighted by atomic mass is 32.2. The van der Waals surface area contributed by atoms with Gasteiger partial charge in [0.05, 0.1) is 11.7 Å². The molecule has 0 radical (unpaired) electrons. The van der Waals surface area contributed by atoms with Gasteiger partial charge >= 0.3 is 0 Å². The van der Waals surface area contributed by atoms with Gasteiger partial charge in [-0.15, -0.1) is 22.0 Å². The van der Waals surface area contributed by atoms with Gasteiger partial charge in [-0.05, 0) is 48.2 Å². The summed E-state index contributed by atoms with van der Waals surface area (Å²) in [7, 11) is 0. The van der Waals surface area contributed by atoms with E-state index < -0.39 is 0 Å². The molecule has 0 saturated carbocycles. The lowest BCUT2D eigenvalue weighted by atomic mass is 10.0. The summed E-state index contributed by atoms with van der Waals surface area (Å²) in [6.07, 6.45) is 3.66. The first kappa shape index (κ1) is 15.4. The van der Waals surface area contributed by atoms with E-state index in [0.717, 1.165) is 16.3 Å². The maximum Gasteiger partial charge on any atom is 0.149 e. The third-order valence-electron chi connectivity index (χ3n) is 3.31. The second-order valence-corrected chi connectivity index (χ2v) is 5.67. The second kappa shape index (κ2) is 7.19. The highest BCUT2D eigenvalue weighted by molar-refractivity contribution is 7.98. The number of nitrogens with one attached hydrogen (secondary N) is 1. The van der Waals surface area contributed by atoms with E-state index in [2.05, 4.69) is 20.5 Å². The Bertz CT molecular complexity index is 765. The quantitative estimate of drug-likeness (QED) is 0.720. The molecule has 0 aliphatic rings. The normalized spacial score (nSPS) is 11.9. The predicted molar refractivity (Wildman–Crippen MR) is 89.9 cm³/mol. The van der Waals surface area contributed by atoms with Crippen molar-refractivity contribution in [1.82, 2.24) is 15.2 Å². The van der Waals surface area contributed by atoms with Gasteiger partial charge in [0.1, 0.15) is 16.7 Å². The van der Waals surface area contributed by atoms with Crippen molar-refractivity contribution in [3.63, 3.8) is 0 Å². The first-order chi connectivity index (χ1) is 11.3. The van der Waals surface area contributed by atoms with Crippen molar-refractivity contribution in [1.29, 1.82) is 0 Å². The summed E-state index contributed by atoms with van der Waals surface area (Å²) in [6, 6.07) is 15.5. The Kier molecular flexibility index (Phi) is 4.83. The Labute approximate surface area is 138 Å². The lowest BCUT2D eigenvalue weighted by Crippen LogP contribution is -2.15. The molecule has 1 unspecified atom stereocenters. The van der Waals surface area contributed by atoms with E-state index >= 15 is 0 Å². The van der Waals surface area contributed by atoms with Crippen LogP contribution in [0, 0.1) is 5.82 Å². The van der Waals surface area contributed by atoms with Crippen LogP contribution in [0.4, 0.5) is 10.2 Å². The number of pyridine rings is 1.